The topological polar surface area (TPSA) is 72.2 Å². The molecule has 0 heterocycles. The van der Waals surface area contributed by atoms with Gasteiger partial charge in [0.25, 0.3) is 0 Å². The molecule has 0 saturated heterocycles. The minimum atomic E-state index is -3.23. The van der Waals surface area contributed by atoms with Gasteiger partial charge in [0.2, 0.25) is 10.0 Å². The molecule has 0 atom stereocenters. The van der Waals surface area contributed by atoms with E-state index < -0.39 is 10.0 Å². The number of hydrogen-bond donors (Lipinski definition) is 2. The summed E-state index contributed by atoms with van der Waals surface area (Å²) in [7, 11) is -3.23. The van der Waals surface area contributed by atoms with Gasteiger partial charge in [0.1, 0.15) is 0 Å². The zero-order valence-electron chi connectivity index (χ0n) is 10.6. The summed E-state index contributed by atoms with van der Waals surface area (Å²) in [4.78, 5) is 0. The van der Waals surface area contributed by atoms with Gasteiger partial charge in [-0.15, -0.1) is 0 Å². The fraction of sp³-hybridized carbons (Fsp3) is 0.538. The van der Waals surface area contributed by atoms with Gasteiger partial charge in [0.15, 0.2) is 0 Å². The van der Waals surface area contributed by atoms with Gasteiger partial charge in [-0.05, 0) is 36.5 Å². The third-order valence-corrected chi connectivity index (χ3v) is 4.60. The monoisotopic (exact) mass is 268 g/mol. The third kappa shape index (κ3) is 3.71. The average molecular weight is 268 g/mol. The first-order chi connectivity index (χ1) is 8.50. The van der Waals surface area contributed by atoms with E-state index in [4.69, 9.17) is 5.73 Å². The highest BCUT2D eigenvalue weighted by Crippen LogP contribution is 2.32. The van der Waals surface area contributed by atoms with Gasteiger partial charge >= 0.3 is 0 Å². The lowest BCUT2D eigenvalue weighted by molar-refractivity contribution is 0.595. The zero-order chi connectivity index (χ0) is 13.2. The SMILES string of the molecule is Cc1ccc(CN)cc1NS(=O)(=O)CCC1CC1. The van der Waals surface area contributed by atoms with Crippen molar-refractivity contribution in [3.8, 4) is 0 Å². The van der Waals surface area contributed by atoms with Crippen LogP contribution in [0.15, 0.2) is 18.2 Å². The predicted molar refractivity (Wildman–Crippen MR) is 73.8 cm³/mol. The summed E-state index contributed by atoms with van der Waals surface area (Å²) < 4.78 is 26.5. The lowest BCUT2D eigenvalue weighted by atomic mass is 10.1. The molecule has 1 aromatic carbocycles. The third-order valence-electron chi connectivity index (χ3n) is 3.29. The van der Waals surface area contributed by atoms with Crippen LogP contribution in [0.1, 0.15) is 30.4 Å². The molecule has 1 aliphatic rings. The van der Waals surface area contributed by atoms with Crippen LogP contribution in [-0.4, -0.2) is 14.2 Å². The summed E-state index contributed by atoms with van der Waals surface area (Å²) in [5.41, 5.74) is 8.06. The number of nitrogens with one attached hydrogen (secondary N) is 1. The molecule has 0 spiro atoms. The summed E-state index contributed by atoms with van der Waals surface area (Å²) in [6, 6.07) is 5.61. The van der Waals surface area contributed by atoms with Crippen molar-refractivity contribution in [3.05, 3.63) is 29.3 Å². The molecule has 0 radical (unpaired) electrons. The number of rotatable bonds is 6. The predicted octanol–water partition coefficient (Wildman–Crippen LogP) is 2.00. The van der Waals surface area contributed by atoms with Crippen molar-refractivity contribution in [2.45, 2.75) is 32.7 Å². The molecule has 3 N–H and O–H groups in total. The van der Waals surface area contributed by atoms with Gasteiger partial charge in [0.05, 0.1) is 11.4 Å². The van der Waals surface area contributed by atoms with E-state index in [0.29, 0.717) is 18.2 Å². The first kappa shape index (κ1) is 13.4. The molecule has 0 bridgehead atoms. The molecule has 5 heteroatoms. The Bertz CT molecular complexity index is 522. The standard InChI is InChI=1S/C13H20N2O2S/c1-10-2-3-12(9-14)8-13(10)15-18(16,17)7-6-11-4-5-11/h2-3,8,11,15H,4-7,9,14H2,1H3. The Balaban J connectivity index is 2.06. The Hall–Kier alpha value is -1.07. The molecule has 1 aromatic rings. The summed E-state index contributed by atoms with van der Waals surface area (Å²) in [6.07, 6.45) is 3.12. The Kier molecular flexibility index (Phi) is 3.92. The largest absolute Gasteiger partial charge is 0.326 e. The Labute approximate surface area is 109 Å². The van der Waals surface area contributed by atoms with Gasteiger partial charge in [-0.25, -0.2) is 8.42 Å². The van der Waals surface area contributed by atoms with Gasteiger partial charge in [-0.2, -0.15) is 0 Å². The van der Waals surface area contributed by atoms with E-state index >= 15 is 0 Å². The van der Waals surface area contributed by atoms with Crippen LogP contribution in [0.5, 0.6) is 0 Å². The van der Waals surface area contributed by atoms with Crippen LogP contribution in [0.4, 0.5) is 5.69 Å². The van der Waals surface area contributed by atoms with E-state index in [1.807, 2.05) is 25.1 Å². The molecule has 0 unspecified atom stereocenters. The van der Waals surface area contributed by atoms with Crippen LogP contribution in [-0.2, 0) is 16.6 Å². The van der Waals surface area contributed by atoms with E-state index in [9.17, 15) is 8.42 Å². The van der Waals surface area contributed by atoms with E-state index in [2.05, 4.69) is 4.72 Å². The molecular formula is C13H20N2O2S. The van der Waals surface area contributed by atoms with Gasteiger partial charge < -0.3 is 5.73 Å². The van der Waals surface area contributed by atoms with E-state index in [1.54, 1.807) is 0 Å². The summed E-state index contributed by atoms with van der Waals surface area (Å²) >= 11 is 0. The quantitative estimate of drug-likeness (QED) is 0.828. The van der Waals surface area contributed by atoms with Gasteiger partial charge in [-0.1, -0.05) is 25.0 Å². The lowest BCUT2D eigenvalue weighted by Gasteiger charge is -2.11. The fourth-order valence-corrected chi connectivity index (χ4v) is 3.15. The second-order valence-corrected chi connectivity index (χ2v) is 6.85. The van der Waals surface area contributed by atoms with Crippen LogP contribution < -0.4 is 10.5 Å². The van der Waals surface area contributed by atoms with Crippen LogP contribution >= 0.6 is 0 Å². The maximum Gasteiger partial charge on any atom is 0.232 e. The van der Waals surface area contributed by atoms with Crippen molar-refractivity contribution in [1.29, 1.82) is 0 Å². The number of benzene rings is 1. The molecule has 18 heavy (non-hydrogen) atoms. The molecular weight excluding hydrogens is 248 g/mol. The van der Waals surface area contributed by atoms with E-state index in [0.717, 1.165) is 17.5 Å². The summed E-state index contributed by atoms with van der Waals surface area (Å²) in [5.74, 6) is 0.835. The molecule has 1 saturated carbocycles. The van der Waals surface area contributed by atoms with Crippen LogP contribution in [0.25, 0.3) is 0 Å². The number of nitrogens with two attached hydrogens (primary N) is 1. The molecule has 4 nitrogen and oxygen atoms in total. The number of anilines is 1. The number of sulfonamides is 1. The molecule has 100 valence electrons. The van der Waals surface area contributed by atoms with Crippen molar-refractivity contribution < 1.29 is 8.42 Å². The highest BCUT2D eigenvalue weighted by molar-refractivity contribution is 7.92. The molecule has 0 aromatic heterocycles. The number of aryl methyl sites for hydroxylation is 1. The highest BCUT2D eigenvalue weighted by atomic mass is 32.2. The van der Waals surface area contributed by atoms with Crippen LogP contribution in [0, 0.1) is 12.8 Å². The minimum Gasteiger partial charge on any atom is -0.326 e. The first-order valence-electron chi connectivity index (χ1n) is 6.30. The lowest BCUT2D eigenvalue weighted by Crippen LogP contribution is -2.18. The van der Waals surface area contributed by atoms with Crippen LogP contribution in [0.2, 0.25) is 0 Å². The van der Waals surface area contributed by atoms with Crippen molar-refractivity contribution in [3.63, 3.8) is 0 Å². The Morgan fingerprint density at radius 1 is 1.39 bits per heavy atom. The van der Waals surface area contributed by atoms with Gasteiger partial charge in [0, 0.05) is 6.54 Å². The molecule has 1 aliphatic carbocycles. The second-order valence-electron chi connectivity index (χ2n) is 5.01. The molecule has 0 amide bonds. The number of hydrogen-bond acceptors (Lipinski definition) is 3. The van der Waals surface area contributed by atoms with E-state index in [-0.39, 0.29) is 5.75 Å². The van der Waals surface area contributed by atoms with Crippen molar-refractivity contribution in [1.82, 2.24) is 0 Å². The molecule has 2 rings (SSSR count). The molecule has 0 aliphatic heterocycles. The maximum atomic E-state index is 11.9. The Morgan fingerprint density at radius 3 is 2.72 bits per heavy atom. The second kappa shape index (κ2) is 5.28. The normalized spacial score (nSPS) is 15.7. The van der Waals surface area contributed by atoms with Gasteiger partial charge in [-0.3, -0.25) is 4.72 Å². The maximum absolute atomic E-state index is 11.9. The van der Waals surface area contributed by atoms with Crippen molar-refractivity contribution >= 4 is 15.7 Å². The Morgan fingerprint density at radius 2 is 2.11 bits per heavy atom. The molecule has 1 fully saturated rings. The van der Waals surface area contributed by atoms with E-state index in [1.165, 1.54) is 12.8 Å². The smallest absolute Gasteiger partial charge is 0.232 e. The minimum absolute atomic E-state index is 0.212. The summed E-state index contributed by atoms with van der Waals surface area (Å²) in [6.45, 7) is 2.30. The van der Waals surface area contributed by atoms with Crippen LogP contribution in [0.3, 0.4) is 0 Å². The average Bonchev–Trinajstić information content (AvgIpc) is 3.13. The first-order valence-corrected chi connectivity index (χ1v) is 7.95. The summed E-state index contributed by atoms with van der Waals surface area (Å²) in [5, 5.41) is 0. The van der Waals surface area contributed by atoms with Crippen molar-refractivity contribution in [2.75, 3.05) is 10.5 Å². The zero-order valence-corrected chi connectivity index (χ0v) is 11.5. The fourth-order valence-electron chi connectivity index (χ4n) is 1.85. The van der Waals surface area contributed by atoms with Crippen molar-refractivity contribution in [2.24, 2.45) is 11.7 Å². The highest BCUT2D eigenvalue weighted by Gasteiger charge is 2.24.